The quantitative estimate of drug-likeness (QED) is 0.607. The average molecular weight is 396 g/mol. The molecule has 108 valence electrons. The second-order valence-electron chi connectivity index (χ2n) is 4.74. The van der Waals surface area contributed by atoms with Crippen LogP contribution in [-0.4, -0.2) is 7.11 Å². The Morgan fingerprint density at radius 2 is 1.76 bits per heavy atom. The maximum atomic E-state index is 12.5. The van der Waals surface area contributed by atoms with Crippen LogP contribution in [0.4, 0.5) is 0 Å². The highest BCUT2D eigenvalue weighted by atomic mass is 127. The van der Waals surface area contributed by atoms with Crippen LogP contribution in [0.1, 0.15) is 11.5 Å². The van der Waals surface area contributed by atoms with Gasteiger partial charge in [0.2, 0.25) is 0 Å². The minimum atomic E-state index is -0.107. The van der Waals surface area contributed by atoms with Gasteiger partial charge in [0.25, 0.3) is 0 Å². The van der Waals surface area contributed by atoms with Gasteiger partial charge in [-0.05, 0) is 60.7 Å². The van der Waals surface area contributed by atoms with E-state index in [1.807, 2.05) is 19.1 Å². The molecule has 0 radical (unpaired) electrons. The van der Waals surface area contributed by atoms with Crippen molar-refractivity contribution in [3.05, 3.63) is 49.8 Å². The molecular formula is C16H13IO4. The highest BCUT2D eigenvalue weighted by Crippen LogP contribution is 2.33. The summed E-state index contributed by atoms with van der Waals surface area (Å²) < 4.78 is 17.4. The molecule has 0 aliphatic carbocycles. The molecule has 0 fully saturated rings. The Kier molecular flexibility index (Phi) is 3.52. The zero-order valence-corrected chi connectivity index (χ0v) is 14.0. The molecule has 4 nitrogen and oxygen atoms in total. The lowest BCUT2D eigenvalue weighted by atomic mass is 10.2. The van der Waals surface area contributed by atoms with Gasteiger partial charge in [-0.15, -0.1) is 0 Å². The van der Waals surface area contributed by atoms with Crippen molar-refractivity contribution in [1.82, 2.24) is 0 Å². The molecule has 5 heteroatoms. The monoisotopic (exact) mass is 396 g/mol. The zero-order chi connectivity index (χ0) is 15.1. The normalized spacial score (nSPS) is 11.0. The molecule has 3 aromatic rings. The number of halogens is 1. The lowest BCUT2D eigenvalue weighted by Crippen LogP contribution is -1.95. The minimum absolute atomic E-state index is 0.107. The topological polar surface area (TPSA) is 52.6 Å². The standard InChI is InChI=1S/C16H13IO4/c1-8-15-11(18)6-10(12-4-5-14(17)21-12)7-13(19-3)16(15)9(2)20-8/h4-7H,1-3H3. The Balaban J connectivity index is 2.44. The van der Waals surface area contributed by atoms with Crippen molar-refractivity contribution in [2.45, 2.75) is 13.8 Å². The third kappa shape index (κ3) is 2.35. The summed E-state index contributed by atoms with van der Waals surface area (Å²) in [6.45, 7) is 3.61. The predicted molar refractivity (Wildman–Crippen MR) is 88.9 cm³/mol. The number of methoxy groups -OCH3 is 1. The summed E-state index contributed by atoms with van der Waals surface area (Å²) in [7, 11) is 1.58. The highest BCUT2D eigenvalue weighted by Gasteiger charge is 2.16. The third-order valence-electron chi connectivity index (χ3n) is 3.40. The molecule has 0 saturated carbocycles. The number of ether oxygens (including phenoxy) is 1. The number of aryl methyl sites for hydroxylation is 2. The Morgan fingerprint density at radius 3 is 2.38 bits per heavy atom. The molecule has 2 heterocycles. The summed E-state index contributed by atoms with van der Waals surface area (Å²) >= 11 is 2.09. The molecular weight excluding hydrogens is 383 g/mol. The van der Waals surface area contributed by atoms with Crippen LogP contribution >= 0.6 is 22.6 Å². The Labute approximate surface area is 134 Å². The molecule has 2 aromatic heterocycles. The second-order valence-corrected chi connectivity index (χ2v) is 5.81. The number of fused-ring (bicyclic) bond motifs is 1. The van der Waals surface area contributed by atoms with Gasteiger partial charge in [-0.3, -0.25) is 4.79 Å². The molecule has 0 aliphatic rings. The second kappa shape index (κ2) is 5.22. The van der Waals surface area contributed by atoms with Gasteiger partial charge < -0.3 is 13.6 Å². The maximum absolute atomic E-state index is 12.5. The SMILES string of the molecule is COc1cc(-c2ccc(I)o2)cc(=O)c2c(C)oc(C)c12. The number of furan rings is 2. The van der Waals surface area contributed by atoms with Crippen molar-refractivity contribution >= 4 is 33.4 Å². The fourth-order valence-corrected chi connectivity index (χ4v) is 2.94. The van der Waals surface area contributed by atoms with Crippen LogP contribution in [0, 0.1) is 17.6 Å². The first-order chi connectivity index (χ1) is 10.0. The first-order valence-electron chi connectivity index (χ1n) is 6.39. The Hall–Kier alpha value is -1.76. The van der Waals surface area contributed by atoms with Crippen LogP contribution in [0.2, 0.25) is 0 Å². The summed E-state index contributed by atoms with van der Waals surface area (Å²) in [5.74, 6) is 2.51. The summed E-state index contributed by atoms with van der Waals surface area (Å²) in [5.41, 5.74) is 0.582. The molecule has 0 saturated heterocycles. The van der Waals surface area contributed by atoms with Gasteiger partial charge in [-0.25, -0.2) is 0 Å². The molecule has 0 unspecified atom stereocenters. The van der Waals surface area contributed by atoms with E-state index in [1.54, 1.807) is 26.2 Å². The molecule has 3 rings (SSSR count). The predicted octanol–water partition coefficient (Wildman–Crippen LogP) is 4.28. The number of hydrogen-bond acceptors (Lipinski definition) is 4. The fourth-order valence-electron chi connectivity index (χ4n) is 2.52. The van der Waals surface area contributed by atoms with E-state index in [0.717, 1.165) is 3.77 Å². The number of rotatable bonds is 2. The molecule has 0 aliphatic heterocycles. The van der Waals surface area contributed by atoms with E-state index in [1.165, 1.54) is 0 Å². The van der Waals surface area contributed by atoms with E-state index in [0.29, 0.717) is 39.4 Å². The molecule has 0 N–H and O–H groups in total. The van der Waals surface area contributed by atoms with Gasteiger partial charge in [0, 0.05) is 5.56 Å². The van der Waals surface area contributed by atoms with Gasteiger partial charge >= 0.3 is 0 Å². The first kappa shape index (κ1) is 14.2. The van der Waals surface area contributed by atoms with Crippen molar-refractivity contribution < 1.29 is 13.6 Å². The van der Waals surface area contributed by atoms with E-state index >= 15 is 0 Å². The van der Waals surface area contributed by atoms with E-state index in [9.17, 15) is 4.79 Å². The first-order valence-corrected chi connectivity index (χ1v) is 7.47. The minimum Gasteiger partial charge on any atom is -0.496 e. The van der Waals surface area contributed by atoms with Gasteiger partial charge in [-0.2, -0.15) is 0 Å². The molecule has 0 bridgehead atoms. The van der Waals surface area contributed by atoms with Crippen LogP contribution in [0.3, 0.4) is 0 Å². The van der Waals surface area contributed by atoms with Gasteiger partial charge in [-0.1, -0.05) is 0 Å². The summed E-state index contributed by atoms with van der Waals surface area (Å²) in [4.78, 5) is 12.5. The van der Waals surface area contributed by atoms with Gasteiger partial charge in [0.05, 0.1) is 17.9 Å². The van der Waals surface area contributed by atoms with Crippen LogP contribution in [0.25, 0.3) is 22.1 Å². The Morgan fingerprint density at radius 1 is 1.05 bits per heavy atom. The van der Waals surface area contributed by atoms with E-state index in [-0.39, 0.29) is 5.43 Å². The fraction of sp³-hybridized carbons (Fsp3) is 0.188. The van der Waals surface area contributed by atoms with Crippen molar-refractivity contribution in [2.24, 2.45) is 0 Å². The number of hydrogen-bond donors (Lipinski definition) is 0. The lowest BCUT2D eigenvalue weighted by molar-refractivity contribution is 0.418. The van der Waals surface area contributed by atoms with Crippen LogP contribution in [-0.2, 0) is 0 Å². The summed E-state index contributed by atoms with van der Waals surface area (Å²) in [6.07, 6.45) is 0. The highest BCUT2D eigenvalue weighted by molar-refractivity contribution is 14.1. The molecule has 1 aromatic carbocycles. The average Bonchev–Trinajstić information content (AvgIpc) is 2.93. The van der Waals surface area contributed by atoms with Crippen molar-refractivity contribution in [1.29, 1.82) is 0 Å². The van der Waals surface area contributed by atoms with Gasteiger partial charge in [0.1, 0.15) is 23.0 Å². The van der Waals surface area contributed by atoms with Gasteiger partial charge in [0.15, 0.2) is 9.20 Å². The van der Waals surface area contributed by atoms with Crippen LogP contribution < -0.4 is 10.2 Å². The lowest BCUT2D eigenvalue weighted by Gasteiger charge is -1.99. The smallest absolute Gasteiger partial charge is 0.190 e. The summed E-state index contributed by atoms with van der Waals surface area (Å²) in [6, 6.07) is 7.05. The van der Waals surface area contributed by atoms with E-state index < -0.39 is 0 Å². The van der Waals surface area contributed by atoms with E-state index in [2.05, 4.69) is 22.6 Å². The molecule has 0 amide bonds. The van der Waals surface area contributed by atoms with Crippen molar-refractivity contribution in [2.75, 3.05) is 7.11 Å². The molecule has 0 atom stereocenters. The van der Waals surface area contributed by atoms with Crippen LogP contribution in [0.5, 0.6) is 5.75 Å². The Bertz CT molecular complexity index is 889. The largest absolute Gasteiger partial charge is 0.496 e. The van der Waals surface area contributed by atoms with Crippen molar-refractivity contribution in [3.8, 4) is 17.1 Å². The van der Waals surface area contributed by atoms with Crippen molar-refractivity contribution in [3.63, 3.8) is 0 Å². The van der Waals surface area contributed by atoms with Crippen LogP contribution in [0.15, 0.2) is 37.9 Å². The zero-order valence-electron chi connectivity index (χ0n) is 11.8. The summed E-state index contributed by atoms with van der Waals surface area (Å²) in [5, 5.41) is 1.27. The van der Waals surface area contributed by atoms with E-state index in [4.69, 9.17) is 13.6 Å². The third-order valence-corrected chi connectivity index (χ3v) is 3.98. The molecule has 0 spiro atoms. The maximum Gasteiger partial charge on any atom is 0.190 e. The molecule has 21 heavy (non-hydrogen) atoms.